The molecule has 10 heteroatoms. The number of nitrogens with two attached hydrogens (primary N) is 4. The van der Waals surface area contributed by atoms with Crippen LogP contribution in [0.1, 0.15) is 22.8 Å². The predicted octanol–water partition coefficient (Wildman–Crippen LogP) is 1.08. The predicted molar refractivity (Wildman–Crippen MR) is 116 cm³/mol. The first-order valence-electron chi connectivity index (χ1n) is 9.52. The number of anilines is 4. The zero-order chi connectivity index (χ0) is 21.1. The molecule has 4 aromatic heterocycles. The molecule has 0 aliphatic carbocycles. The standard InChI is InChI=1S/C20H24N10/c21-17-9-25-29(19(17)23)11-15-5-1-3-13(27-15)7-8-14-4-2-6-16(28-14)12-30-20(24)18(22)10-26-30/h1-6,9-10H,7-8,11-12,21-24H2. The maximum absolute atomic E-state index is 5.92. The number of aromatic nitrogens is 6. The van der Waals surface area contributed by atoms with E-state index in [1.165, 1.54) is 0 Å². The summed E-state index contributed by atoms with van der Waals surface area (Å²) in [4.78, 5) is 9.42. The summed E-state index contributed by atoms with van der Waals surface area (Å²) in [5.74, 6) is 0.894. The summed E-state index contributed by atoms with van der Waals surface area (Å²) < 4.78 is 3.28. The Bertz CT molecular complexity index is 1070. The van der Waals surface area contributed by atoms with E-state index in [-0.39, 0.29) is 0 Å². The third kappa shape index (κ3) is 4.17. The Kier molecular flexibility index (Phi) is 5.21. The number of rotatable bonds is 7. The van der Waals surface area contributed by atoms with Gasteiger partial charge in [-0.05, 0) is 37.1 Å². The number of hydrogen-bond donors (Lipinski definition) is 4. The van der Waals surface area contributed by atoms with Gasteiger partial charge in [0.05, 0.1) is 48.2 Å². The monoisotopic (exact) mass is 404 g/mol. The minimum Gasteiger partial charge on any atom is -0.394 e. The number of pyridine rings is 2. The largest absolute Gasteiger partial charge is 0.394 e. The fraction of sp³-hybridized carbons (Fsp3) is 0.200. The van der Waals surface area contributed by atoms with Crippen LogP contribution in [-0.2, 0) is 25.9 Å². The topological polar surface area (TPSA) is 166 Å². The third-order valence-corrected chi connectivity index (χ3v) is 4.81. The summed E-state index contributed by atoms with van der Waals surface area (Å²) in [5.41, 5.74) is 28.0. The van der Waals surface area contributed by atoms with Crippen LogP contribution in [0.15, 0.2) is 48.8 Å². The van der Waals surface area contributed by atoms with Crippen molar-refractivity contribution >= 4 is 23.0 Å². The van der Waals surface area contributed by atoms with Crippen molar-refractivity contribution in [1.29, 1.82) is 0 Å². The van der Waals surface area contributed by atoms with Gasteiger partial charge in [-0.3, -0.25) is 9.97 Å². The lowest BCUT2D eigenvalue weighted by atomic mass is 10.1. The van der Waals surface area contributed by atoms with Crippen LogP contribution >= 0.6 is 0 Å². The van der Waals surface area contributed by atoms with Crippen LogP contribution in [0.2, 0.25) is 0 Å². The minimum absolute atomic E-state index is 0.447. The van der Waals surface area contributed by atoms with Crippen molar-refractivity contribution in [3.8, 4) is 0 Å². The number of aryl methyl sites for hydroxylation is 2. The molecule has 0 unspecified atom stereocenters. The van der Waals surface area contributed by atoms with Crippen molar-refractivity contribution in [2.24, 2.45) is 0 Å². The van der Waals surface area contributed by atoms with E-state index >= 15 is 0 Å². The molecule has 0 atom stereocenters. The zero-order valence-electron chi connectivity index (χ0n) is 16.4. The first-order valence-corrected chi connectivity index (χ1v) is 9.52. The highest BCUT2D eigenvalue weighted by Gasteiger charge is 2.08. The van der Waals surface area contributed by atoms with Crippen molar-refractivity contribution in [1.82, 2.24) is 29.5 Å². The van der Waals surface area contributed by atoms with Gasteiger partial charge < -0.3 is 22.9 Å². The van der Waals surface area contributed by atoms with Gasteiger partial charge in [0.2, 0.25) is 0 Å². The van der Waals surface area contributed by atoms with Crippen LogP contribution < -0.4 is 22.9 Å². The zero-order valence-corrected chi connectivity index (χ0v) is 16.4. The van der Waals surface area contributed by atoms with Gasteiger partial charge in [0.1, 0.15) is 11.6 Å². The van der Waals surface area contributed by atoms with Gasteiger partial charge in [0.25, 0.3) is 0 Å². The van der Waals surface area contributed by atoms with E-state index in [0.717, 1.165) is 35.6 Å². The van der Waals surface area contributed by atoms with Crippen molar-refractivity contribution < 1.29 is 0 Å². The summed E-state index contributed by atoms with van der Waals surface area (Å²) in [6, 6.07) is 11.9. The average molecular weight is 404 g/mol. The van der Waals surface area contributed by atoms with Gasteiger partial charge in [-0.1, -0.05) is 12.1 Å². The first-order chi connectivity index (χ1) is 14.5. The maximum atomic E-state index is 5.92. The van der Waals surface area contributed by atoms with E-state index in [1.807, 2.05) is 36.4 Å². The molecule has 0 aliphatic rings. The summed E-state index contributed by atoms with van der Waals surface area (Å²) in [6.07, 6.45) is 4.61. The highest BCUT2D eigenvalue weighted by atomic mass is 15.3. The van der Waals surface area contributed by atoms with Gasteiger partial charge in [-0.25, -0.2) is 9.36 Å². The molecule has 4 heterocycles. The minimum atomic E-state index is 0.447. The molecule has 0 saturated carbocycles. The normalized spacial score (nSPS) is 11.1. The number of nitrogens with zero attached hydrogens (tertiary/aromatic N) is 6. The van der Waals surface area contributed by atoms with Gasteiger partial charge in [0.15, 0.2) is 0 Å². The average Bonchev–Trinajstić information content (AvgIpc) is 3.23. The van der Waals surface area contributed by atoms with E-state index in [2.05, 4.69) is 10.2 Å². The molecule has 0 radical (unpaired) electrons. The van der Waals surface area contributed by atoms with E-state index in [1.54, 1.807) is 21.8 Å². The van der Waals surface area contributed by atoms with Gasteiger partial charge in [-0.2, -0.15) is 10.2 Å². The highest BCUT2D eigenvalue weighted by molar-refractivity contribution is 5.57. The van der Waals surface area contributed by atoms with Crippen molar-refractivity contribution in [3.05, 3.63) is 71.6 Å². The molecule has 4 rings (SSSR count). The third-order valence-electron chi connectivity index (χ3n) is 4.81. The van der Waals surface area contributed by atoms with Gasteiger partial charge in [-0.15, -0.1) is 0 Å². The number of hydrogen-bond acceptors (Lipinski definition) is 8. The molecular weight excluding hydrogens is 380 g/mol. The quantitative estimate of drug-likeness (QED) is 0.355. The Labute approximate surface area is 173 Å². The Morgan fingerprint density at radius 3 is 1.37 bits per heavy atom. The summed E-state index contributed by atoms with van der Waals surface area (Å²) in [5, 5.41) is 8.36. The second-order valence-electron chi connectivity index (χ2n) is 7.03. The van der Waals surface area contributed by atoms with Gasteiger partial charge in [0, 0.05) is 11.4 Å². The van der Waals surface area contributed by atoms with Crippen LogP contribution in [0.5, 0.6) is 0 Å². The van der Waals surface area contributed by atoms with Crippen LogP contribution in [0.3, 0.4) is 0 Å². The molecule has 0 spiro atoms. The molecular formula is C20H24N10. The molecule has 0 amide bonds. The SMILES string of the molecule is Nc1cnn(Cc2cccc(CCc3cccc(Cn4ncc(N)c4N)n3)n2)c1N. The molecule has 10 nitrogen and oxygen atoms in total. The van der Waals surface area contributed by atoms with Crippen molar-refractivity contribution in [2.75, 3.05) is 22.9 Å². The summed E-state index contributed by atoms with van der Waals surface area (Å²) >= 11 is 0. The Morgan fingerprint density at radius 1 is 0.600 bits per heavy atom. The molecule has 4 aromatic rings. The van der Waals surface area contributed by atoms with Gasteiger partial charge >= 0.3 is 0 Å². The summed E-state index contributed by atoms with van der Waals surface area (Å²) in [7, 11) is 0. The number of nitrogen functional groups attached to an aromatic ring is 4. The lowest BCUT2D eigenvalue weighted by Gasteiger charge is -2.08. The van der Waals surface area contributed by atoms with Crippen LogP contribution in [-0.4, -0.2) is 29.5 Å². The van der Waals surface area contributed by atoms with E-state index in [4.69, 9.17) is 32.9 Å². The maximum Gasteiger partial charge on any atom is 0.145 e. The molecule has 8 N–H and O–H groups in total. The lowest BCUT2D eigenvalue weighted by Crippen LogP contribution is -2.09. The fourth-order valence-electron chi connectivity index (χ4n) is 3.15. The molecule has 0 saturated heterocycles. The smallest absolute Gasteiger partial charge is 0.145 e. The van der Waals surface area contributed by atoms with Crippen LogP contribution in [0, 0.1) is 0 Å². The molecule has 0 aromatic carbocycles. The second kappa shape index (κ2) is 8.11. The molecule has 0 bridgehead atoms. The first kappa shape index (κ1) is 19.2. The fourth-order valence-corrected chi connectivity index (χ4v) is 3.15. The second-order valence-corrected chi connectivity index (χ2v) is 7.03. The Balaban J connectivity index is 1.41. The van der Waals surface area contributed by atoms with Crippen LogP contribution in [0.4, 0.5) is 23.0 Å². The Morgan fingerprint density at radius 2 is 1.00 bits per heavy atom. The molecule has 30 heavy (non-hydrogen) atoms. The highest BCUT2D eigenvalue weighted by Crippen LogP contribution is 2.16. The molecule has 0 aliphatic heterocycles. The van der Waals surface area contributed by atoms with Crippen molar-refractivity contribution in [3.63, 3.8) is 0 Å². The Hall–Kier alpha value is -4.08. The molecule has 0 fully saturated rings. The van der Waals surface area contributed by atoms with E-state index < -0.39 is 0 Å². The van der Waals surface area contributed by atoms with Crippen LogP contribution in [0.25, 0.3) is 0 Å². The molecule has 154 valence electrons. The van der Waals surface area contributed by atoms with E-state index in [0.29, 0.717) is 36.1 Å². The van der Waals surface area contributed by atoms with E-state index in [9.17, 15) is 0 Å². The lowest BCUT2D eigenvalue weighted by molar-refractivity contribution is 0.674. The summed E-state index contributed by atoms with van der Waals surface area (Å²) in [6.45, 7) is 0.943. The van der Waals surface area contributed by atoms with Crippen molar-refractivity contribution in [2.45, 2.75) is 25.9 Å².